The number of pyridine rings is 1. The first-order valence-corrected chi connectivity index (χ1v) is 7.91. The first kappa shape index (κ1) is 14.7. The molecule has 0 aliphatic carbocycles. The van der Waals surface area contributed by atoms with E-state index in [1.54, 1.807) is 6.20 Å². The van der Waals surface area contributed by atoms with E-state index in [0.29, 0.717) is 6.54 Å². The number of halogens is 1. The zero-order valence-corrected chi connectivity index (χ0v) is 12.8. The Labute approximate surface area is 130 Å². The maximum absolute atomic E-state index is 6.27. The summed E-state index contributed by atoms with van der Waals surface area (Å²) >= 11 is 6.27. The molecule has 2 aromatic rings. The van der Waals surface area contributed by atoms with Crippen molar-refractivity contribution in [2.24, 2.45) is 5.73 Å². The predicted octanol–water partition coefficient (Wildman–Crippen LogP) is 2.88. The van der Waals surface area contributed by atoms with Crippen LogP contribution in [0.1, 0.15) is 30.9 Å². The van der Waals surface area contributed by atoms with Crippen molar-refractivity contribution in [3.8, 4) is 0 Å². The highest BCUT2D eigenvalue weighted by atomic mass is 35.5. The summed E-state index contributed by atoms with van der Waals surface area (Å²) in [5.41, 5.74) is 11.6. The lowest BCUT2D eigenvalue weighted by atomic mass is 10.0. The summed E-state index contributed by atoms with van der Waals surface area (Å²) < 4.78 is 0. The molecule has 0 radical (unpaired) electrons. The molecule has 5 heteroatoms. The quantitative estimate of drug-likeness (QED) is 0.912. The number of hydrogen-bond donors (Lipinski definition) is 2. The van der Waals surface area contributed by atoms with E-state index in [4.69, 9.17) is 17.3 Å². The van der Waals surface area contributed by atoms with E-state index in [-0.39, 0.29) is 6.04 Å². The molecule has 0 bridgehead atoms. The van der Waals surface area contributed by atoms with Crippen molar-refractivity contribution in [2.75, 3.05) is 19.6 Å². The van der Waals surface area contributed by atoms with Crippen LogP contribution in [0.5, 0.6) is 0 Å². The van der Waals surface area contributed by atoms with E-state index >= 15 is 0 Å². The number of fused-ring (bicyclic) bond motifs is 1. The van der Waals surface area contributed by atoms with Gasteiger partial charge in [0.05, 0.1) is 11.6 Å². The van der Waals surface area contributed by atoms with E-state index < -0.39 is 0 Å². The molecule has 1 atom stereocenters. The van der Waals surface area contributed by atoms with Crippen molar-refractivity contribution >= 4 is 22.5 Å². The third kappa shape index (κ3) is 3.19. The normalized spacial score (nSPS) is 18.0. The molecule has 21 heavy (non-hydrogen) atoms. The van der Waals surface area contributed by atoms with E-state index in [0.717, 1.165) is 34.6 Å². The SMILES string of the molecule is NCC(NN1CCCCC1)c1ccc(Cl)c2cccnc12. The van der Waals surface area contributed by atoms with Gasteiger partial charge in [0.25, 0.3) is 0 Å². The number of benzene rings is 1. The monoisotopic (exact) mass is 304 g/mol. The molecular weight excluding hydrogens is 284 g/mol. The first-order chi connectivity index (χ1) is 10.3. The van der Waals surface area contributed by atoms with Crippen molar-refractivity contribution in [3.63, 3.8) is 0 Å². The summed E-state index contributed by atoms with van der Waals surface area (Å²) in [6.45, 7) is 2.69. The largest absolute Gasteiger partial charge is 0.329 e. The van der Waals surface area contributed by atoms with Gasteiger partial charge in [0.15, 0.2) is 0 Å². The predicted molar refractivity (Wildman–Crippen MR) is 87.1 cm³/mol. The number of piperidine rings is 1. The van der Waals surface area contributed by atoms with Crippen LogP contribution in [0, 0.1) is 0 Å². The van der Waals surface area contributed by atoms with Crippen LogP contribution in [0.15, 0.2) is 30.5 Å². The lowest BCUT2D eigenvalue weighted by molar-refractivity contribution is 0.130. The van der Waals surface area contributed by atoms with Crippen molar-refractivity contribution in [2.45, 2.75) is 25.3 Å². The Morgan fingerprint density at radius 2 is 2.05 bits per heavy atom. The van der Waals surface area contributed by atoms with Crippen LogP contribution in [0.25, 0.3) is 10.9 Å². The molecule has 1 fully saturated rings. The standard InChI is InChI=1S/C16H21ClN4/c17-14-7-6-13(16-12(14)5-4-8-19-16)15(11-18)20-21-9-2-1-3-10-21/h4-8,15,20H,1-3,9-11,18H2. The van der Waals surface area contributed by atoms with Crippen LogP contribution >= 0.6 is 11.6 Å². The molecule has 1 aromatic carbocycles. The second-order valence-corrected chi connectivity index (χ2v) is 5.91. The first-order valence-electron chi connectivity index (χ1n) is 7.54. The summed E-state index contributed by atoms with van der Waals surface area (Å²) in [7, 11) is 0. The van der Waals surface area contributed by atoms with Crippen molar-refractivity contribution in [3.05, 3.63) is 41.0 Å². The molecular formula is C16H21ClN4. The summed E-state index contributed by atoms with van der Waals surface area (Å²) in [6, 6.07) is 7.95. The van der Waals surface area contributed by atoms with Gasteiger partial charge in [-0.15, -0.1) is 0 Å². The second-order valence-electron chi connectivity index (χ2n) is 5.50. The third-order valence-corrected chi connectivity index (χ3v) is 4.38. The Kier molecular flexibility index (Phi) is 4.70. The van der Waals surface area contributed by atoms with E-state index in [1.165, 1.54) is 19.3 Å². The molecule has 3 N–H and O–H groups in total. The zero-order chi connectivity index (χ0) is 14.7. The topological polar surface area (TPSA) is 54.2 Å². The number of nitrogens with two attached hydrogens (primary N) is 1. The van der Waals surface area contributed by atoms with Crippen LogP contribution in [0.3, 0.4) is 0 Å². The van der Waals surface area contributed by atoms with Gasteiger partial charge in [-0.1, -0.05) is 24.1 Å². The van der Waals surface area contributed by atoms with Gasteiger partial charge in [0.2, 0.25) is 0 Å². The van der Waals surface area contributed by atoms with Crippen LogP contribution in [0.2, 0.25) is 5.02 Å². The van der Waals surface area contributed by atoms with E-state index in [9.17, 15) is 0 Å². The van der Waals surface area contributed by atoms with Crippen molar-refractivity contribution in [1.82, 2.24) is 15.4 Å². The number of rotatable bonds is 4. The fourth-order valence-electron chi connectivity index (χ4n) is 2.93. The number of aromatic nitrogens is 1. The summed E-state index contributed by atoms with van der Waals surface area (Å²) in [6.07, 6.45) is 5.60. The number of hydrogen-bond acceptors (Lipinski definition) is 4. The van der Waals surface area contributed by atoms with Crippen LogP contribution in [0.4, 0.5) is 0 Å². The molecule has 0 amide bonds. The van der Waals surface area contributed by atoms with Gasteiger partial charge in [0, 0.05) is 36.2 Å². The molecule has 0 saturated carbocycles. The van der Waals surface area contributed by atoms with E-state index in [2.05, 4.69) is 15.4 Å². The van der Waals surface area contributed by atoms with Crippen LogP contribution < -0.4 is 11.2 Å². The van der Waals surface area contributed by atoms with Crippen LogP contribution in [-0.4, -0.2) is 29.6 Å². The average Bonchev–Trinajstić information content (AvgIpc) is 2.55. The molecule has 1 aromatic heterocycles. The Hall–Kier alpha value is -1.20. The molecule has 1 aliphatic rings. The molecule has 112 valence electrons. The van der Waals surface area contributed by atoms with Gasteiger partial charge < -0.3 is 5.73 Å². The molecule has 1 aliphatic heterocycles. The maximum atomic E-state index is 6.27. The minimum Gasteiger partial charge on any atom is -0.329 e. The van der Waals surface area contributed by atoms with Crippen molar-refractivity contribution < 1.29 is 0 Å². The second kappa shape index (κ2) is 6.71. The lowest BCUT2D eigenvalue weighted by Gasteiger charge is -2.31. The number of hydrazine groups is 1. The van der Waals surface area contributed by atoms with Gasteiger partial charge in [-0.25, -0.2) is 10.4 Å². The number of nitrogens with one attached hydrogen (secondary N) is 1. The van der Waals surface area contributed by atoms with E-state index in [1.807, 2.05) is 24.3 Å². The Morgan fingerprint density at radius 1 is 1.24 bits per heavy atom. The smallest absolute Gasteiger partial charge is 0.0765 e. The van der Waals surface area contributed by atoms with Gasteiger partial charge in [-0.2, -0.15) is 0 Å². The number of nitrogens with zero attached hydrogens (tertiary/aromatic N) is 2. The molecule has 4 nitrogen and oxygen atoms in total. The zero-order valence-electron chi connectivity index (χ0n) is 12.1. The Morgan fingerprint density at radius 3 is 2.81 bits per heavy atom. The molecule has 2 heterocycles. The minimum absolute atomic E-state index is 0.0674. The van der Waals surface area contributed by atoms with Crippen LogP contribution in [-0.2, 0) is 0 Å². The Bertz CT molecular complexity index is 610. The molecule has 1 saturated heterocycles. The minimum atomic E-state index is 0.0674. The van der Waals surface area contributed by atoms with Gasteiger partial charge in [0.1, 0.15) is 0 Å². The molecule has 0 spiro atoms. The summed E-state index contributed by atoms with van der Waals surface area (Å²) in [5.74, 6) is 0. The van der Waals surface area contributed by atoms with Crippen molar-refractivity contribution in [1.29, 1.82) is 0 Å². The Balaban J connectivity index is 1.91. The molecule has 1 unspecified atom stereocenters. The van der Waals surface area contributed by atoms with Gasteiger partial charge in [-0.3, -0.25) is 4.98 Å². The summed E-state index contributed by atoms with van der Waals surface area (Å²) in [5, 5.41) is 4.00. The summed E-state index contributed by atoms with van der Waals surface area (Å²) in [4.78, 5) is 4.51. The fraction of sp³-hybridized carbons (Fsp3) is 0.438. The van der Waals surface area contributed by atoms with Gasteiger partial charge >= 0.3 is 0 Å². The highest BCUT2D eigenvalue weighted by molar-refractivity contribution is 6.35. The molecule has 3 rings (SSSR count). The lowest BCUT2D eigenvalue weighted by Crippen LogP contribution is -2.45. The average molecular weight is 305 g/mol. The van der Waals surface area contributed by atoms with Gasteiger partial charge in [-0.05, 0) is 36.6 Å². The highest BCUT2D eigenvalue weighted by Crippen LogP contribution is 2.28. The fourth-order valence-corrected chi connectivity index (χ4v) is 3.15. The highest BCUT2D eigenvalue weighted by Gasteiger charge is 2.19. The maximum Gasteiger partial charge on any atom is 0.0765 e. The third-order valence-electron chi connectivity index (χ3n) is 4.05.